The summed E-state index contributed by atoms with van der Waals surface area (Å²) in [5, 5.41) is 11.7. The first-order chi connectivity index (χ1) is 13.9. The summed E-state index contributed by atoms with van der Waals surface area (Å²) in [6.45, 7) is 0. The molecule has 29 heavy (non-hydrogen) atoms. The number of anilines is 1. The predicted molar refractivity (Wildman–Crippen MR) is 112 cm³/mol. The number of methoxy groups -OCH3 is 1. The van der Waals surface area contributed by atoms with Crippen LogP contribution in [0.5, 0.6) is 5.75 Å². The van der Waals surface area contributed by atoms with Crippen LogP contribution in [0.1, 0.15) is 5.56 Å². The van der Waals surface area contributed by atoms with Crippen molar-refractivity contribution in [3.05, 3.63) is 60.2 Å². The van der Waals surface area contributed by atoms with E-state index in [9.17, 15) is 13.2 Å². The summed E-state index contributed by atoms with van der Waals surface area (Å²) in [5.74, 6) is -0.196. The van der Waals surface area contributed by atoms with Crippen LogP contribution in [0.4, 0.5) is 5.13 Å². The molecule has 0 spiro atoms. The van der Waals surface area contributed by atoms with Gasteiger partial charge in [0.25, 0.3) is 0 Å². The third-order valence-electron chi connectivity index (χ3n) is 3.85. The zero-order valence-corrected chi connectivity index (χ0v) is 17.3. The van der Waals surface area contributed by atoms with Crippen LogP contribution in [0.2, 0.25) is 0 Å². The fourth-order valence-corrected chi connectivity index (χ4v) is 4.09. The normalized spacial score (nSPS) is 11.5. The van der Waals surface area contributed by atoms with Crippen molar-refractivity contribution in [3.63, 3.8) is 0 Å². The number of nitrogens with one attached hydrogen (secondary N) is 2. The van der Waals surface area contributed by atoms with Gasteiger partial charge in [-0.2, -0.15) is 0 Å². The van der Waals surface area contributed by atoms with Crippen LogP contribution >= 0.6 is 11.3 Å². The Morgan fingerprint density at radius 2 is 1.90 bits per heavy atom. The Hall–Kier alpha value is -3.08. The lowest BCUT2D eigenvalue weighted by atomic mass is 10.2. The molecule has 150 valence electrons. The summed E-state index contributed by atoms with van der Waals surface area (Å²) in [6.07, 6.45) is 2.80. The minimum Gasteiger partial charge on any atom is -0.495 e. The Kier molecular flexibility index (Phi) is 6.37. The van der Waals surface area contributed by atoms with Gasteiger partial charge in [0.1, 0.15) is 15.7 Å². The van der Waals surface area contributed by atoms with Crippen molar-refractivity contribution in [2.45, 2.75) is 4.90 Å². The SMILES string of the molecule is CNS(=O)(=O)c1cc(/C=C/C(=O)Nc2nnc(-c3ccccc3)s2)ccc1OC. The van der Waals surface area contributed by atoms with E-state index in [2.05, 4.69) is 20.2 Å². The lowest BCUT2D eigenvalue weighted by Crippen LogP contribution is -2.19. The molecule has 0 saturated carbocycles. The third-order valence-corrected chi connectivity index (χ3v) is 6.17. The van der Waals surface area contributed by atoms with Gasteiger partial charge in [0.05, 0.1) is 7.11 Å². The highest BCUT2D eigenvalue weighted by atomic mass is 32.2. The molecular weight excluding hydrogens is 412 g/mol. The number of carbonyl (C=O) groups is 1. The zero-order valence-electron chi connectivity index (χ0n) is 15.6. The maximum Gasteiger partial charge on any atom is 0.250 e. The highest BCUT2D eigenvalue weighted by Gasteiger charge is 2.17. The van der Waals surface area contributed by atoms with Crippen molar-refractivity contribution in [1.82, 2.24) is 14.9 Å². The molecular formula is C19H18N4O4S2. The van der Waals surface area contributed by atoms with Gasteiger partial charge in [-0.1, -0.05) is 47.7 Å². The van der Waals surface area contributed by atoms with Crippen molar-refractivity contribution < 1.29 is 17.9 Å². The van der Waals surface area contributed by atoms with Crippen molar-refractivity contribution >= 4 is 38.5 Å². The van der Waals surface area contributed by atoms with E-state index in [1.807, 2.05) is 30.3 Å². The van der Waals surface area contributed by atoms with E-state index >= 15 is 0 Å². The van der Waals surface area contributed by atoms with Crippen LogP contribution < -0.4 is 14.8 Å². The molecule has 2 aromatic carbocycles. The van der Waals surface area contributed by atoms with Crippen molar-refractivity contribution in [2.24, 2.45) is 0 Å². The fourth-order valence-electron chi connectivity index (χ4n) is 2.41. The van der Waals surface area contributed by atoms with Crippen LogP contribution in [0, 0.1) is 0 Å². The molecule has 0 saturated heterocycles. The molecule has 0 bridgehead atoms. The molecule has 1 heterocycles. The number of hydrogen-bond acceptors (Lipinski definition) is 7. The summed E-state index contributed by atoms with van der Waals surface area (Å²) in [4.78, 5) is 12.2. The summed E-state index contributed by atoms with van der Waals surface area (Å²) in [7, 11) is -0.997. The Morgan fingerprint density at radius 3 is 2.59 bits per heavy atom. The molecule has 3 rings (SSSR count). The van der Waals surface area contributed by atoms with E-state index in [1.54, 1.807) is 6.07 Å². The molecule has 1 amide bonds. The van der Waals surface area contributed by atoms with Crippen LogP contribution in [-0.4, -0.2) is 38.7 Å². The molecule has 0 unspecified atom stereocenters. The maximum atomic E-state index is 12.2. The molecule has 0 aliphatic heterocycles. The second-order valence-corrected chi connectivity index (χ2v) is 8.55. The van der Waals surface area contributed by atoms with Crippen molar-refractivity contribution in [1.29, 1.82) is 0 Å². The van der Waals surface area contributed by atoms with Crippen LogP contribution in [0.25, 0.3) is 16.6 Å². The van der Waals surface area contributed by atoms with Gasteiger partial charge in [-0.25, -0.2) is 13.1 Å². The molecule has 1 aromatic heterocycles. The van der Waals surface area contributed by atoms with E-state index in [4.69, 9.17) is 4.74 Å². The Balaban J connectivity index is 1.73. The first-order valence-corrected chi connectivity index (χ1v) is 10.7. The highest BCUT2D eigenvalue weighted by molar-refractivity contribution is 7.89. The summed E-state index contributed by atoms with van der Waals surface area (Å²) in [5.41, 5.74) is 1.44. The highest BCUT2D eigenvalue weighted by Crippen LogP contribution is 2.27. The van der Waals surface area contributed by atoms with E-state index < -0.39 is 15.9 Å². The topological polar surface area (TPSA) is 110 Å². The quantitative estimate of drug-likeness (QED) is 0.558. The summed E-state index contributed by atoms with van der Waals surface area (Å²) >= 11 is 1.26. The number of nitrogens with zero attached hydrogens (tertiary/aromatic N) is 2. The smallest absolute Gasteiger partial charge is 0.250 e. The average Bonchev–Trinajstić information content (AvgIpc) is 3.21. The zero-order chi connectivity index (χ0) is 20.9. The number of ether oxygens (including phenoxy) is 1. The second-order valence-electron chi connectivity index (χ2n) is 5.72. The molecule has 0 fully saturated rings. The van der Waals surface area contributed by atoms with Crippen LogP contribution in [0.3, 0.4) is 0 Å². The van der Waals surface area contributed by atoms with E-state index in [-0.39, 0.29) is 10.6 Å². The number of benzene rings is 2. The maximum absolute atomic E-state index is 12.2. The first kappa shape index (κ1) is 20.6. The van der Waals surface area contributed by atoms with E-state index in [0.29, 0.717) is 15.7 Å². The monoisotopic (exact) mass is 430 g/mol. The minimum atomic E-state index is -3.70. The van der Waals surface area contributed by atoms with Crippen molar-refractivity contribution in [3.8, 4) is 16.3 Å². The minimum absolute atomic E-state index is 0.0123. The molecule has 0 atom stereocenters. The van der Waals surface area contributed by atoms with Crippen molar-refractivity contribution in [2.75, 3.05) is 19.5 Å². The molecule has 0 aliphatic carbocycles. The van der Waals surface area contributed by atoms with Gasteiger partial charge in [0, 0.05) is 11.6 Å². The van der Waals surface area contributed by atoms with Gasteiger partial charge in [-0.15, -0.1) is 10.2 Å². The largest absolute Gasteiger partial charge is 0.495 e. The Labute approximate surface area is 172 Å². The number of carbonyl (C=O) groups excluding carboxylic acids is 1. The molecule has 8 nitrogen and oxygen atoms in total. The molecule has 0 aliphatic rings. The van der Waals surface area contributed by atoms with Gasteiger partial charge < -0.3 is 4.74 Å². The number of sulfonamides is 1. The Bertz CT molecular complexity index is 1140. The standard InChI is InChI=1S/C19H18N4O4S2/c1-20-29(25,26)16-12-13(8-10-15(16)27-2)9-11-17(24)21-19-23-22-18(28-19)14-6-4-3-5-7-14/h3-12,20H,1-2H3,(H,21,23,24)/b11-9+. The van der Waals surface area contributed by atoms with Gasteiger partial charge in [-0.05, 0) is 30.8 Å². The molecule has 2 N–H and O–H groups in total. The van der Waals surface area contributed by atoms with Gasteiger partial charge in [0.15, 0.2) is 0 Å². The second kappa shape index (κ2) is 8.95. The lowest BCUT2D eigenvalue weighted by Gasteiger charge is -2.09. The summed E-state index contributed by atoms with van der Waals surface area (Å²) < 4.78 is 31.6. The summed E-state index contributed by atoms with van der Waals surface area (Å²) in [6, 6.07) is 14.1. The predicted octanol–water partition coefficient (Wildman–Crippen LogP) is 2.77. The molecule has 10 heteroatoms. The number of aromatic nitrogens is 2. The number of rotatable bonds is 7. The van der Waals surface area contributed by atoms with Crippen LogP contribution in [0.15, 0.2) is 59.5 Å². The van der Waals surface area contributed by atoms with Crippen LogP contribution in [-0.2, 0) is 14.8 Å². The lowest BCUT2D eigenvalue weighted by molar-refractivity contribution is -0.111. The number of hydrogen-bond donors (Lipinski definition) is 2. The Morgan fingerprint density at radius 1 is 1.14 bits per heavy atom. The molecule has 3 aromatic rings. The van der Waals surface area contributed by atoms with Gasteiger partial charge in [-0.3, -0.25) is 10.1 Å². The average molecular weight is 431 g/mol. The van der Waals surface area contributed by atoms with Gasteiger partial charge >= 0.3 is 0 Å². The number of amides is 1. The van der Waals surface area contributed by atoms with Gasteiger partial charge in [0.2, 0.25) is 21.1 Å². The first-order valence-electron chi connectivity index (χ1n) is 8.42. The molecule has 0 radical (unpaired) electrons. The third kappa shape index (κ3) is 5.05. The van der Waals surface area contributed by atoms with E-state index in [0.717, 1.165) is 5.56 Å². The fraction of sp³-hybridized carbons (Fsp3) is 0.105. The van der Waals surface area contributed by atoms with E-state index in [1.165, 1.54) is 49.8 Å².